The summed E-state index contributed by atoms with van der Waals surface area (Å²) < 4.78 is 0. The molecule has 0 aromatic rings. The second-order valence-electron chi connectivity index (χ2n) is 4.42. The lowest BCUT2D eigenvalue weighted by Crippen LogP contribution is -2.40. The summed E-state index contributed by atoms with van der Waals surface area (Å²) in [6, 6.07) is 0. The van der Waals surface area contributed by atoms with Gasteiger partial charge in [-0.25, -0.2) is 0 Å². The normalized spacial score (nSPS) is 17.9. The van der Waals surface area contributed by atoms with Crippen molar-refractivity contribution in [2.24, 2.45) is 11.1 Å². The zero-order valence-corrected chi connectivity index (χ0v) is 8.68. The molecule has 0 spiro atoms. The van der Waals surface area contributed by atoms with Gasteiger partial charge in [-0.1, -0.05) is 13.8 Å². The summed E-state index contributed by atoms with van der Waals surface area (Å²) in [4.78, 5) is 13.9. The minimum Gasteiger partial charge on any atom is -0.342 e. The van der Waals surface area contributed by atoms with Crippen LogP contribution in [0, 0.1) is 5.41 Å². The maximum absolute atomic E-state index is 11.9. The summed E-state index contributed by atoms with van der Waals surface area (Å²) in [5.41, 5.74) is 5.22. The second-order valence-corrected chi connectivity index (χ2v) is 4.42. The Morgan fingerprint density at radius 2 is 1.92 bits per heavy atom. The Kier molecular flexibility index (Phi) is 3.31. The predicted molar refractivity (Wildman–Crippen MR) is 53.3 cm³/mol. The smallest absolute Gasteiger partial charge is 0.228 e. The number of carbonyl (C=O) groups excluding carboxylic acids is 1. The van der Waals surface area contributed by atoms with Crippen molar-refractivity contribution in [3.05, 3.63) is 0 Å². The highest BCUT2D eigenvalue weighted by molar-refractivity contribution is 5.82. The SMILES string of the molecule is CC(C)(CCN)C(=O)N1CCCC1. The average molecular weight is 184 g/mol. The van der Waals surface area contributed by atoms with Crippen molar-refractivity contribution < 1.29 is 4.79 Å². The Balaban J connectivity index is 2.53. The van der Waals surface area contributed by atoms with Crippen LogP contribution in [-0.4, -0.2) is 30.4 Å². The van der Waals surface area contributed by atoms with Crippen molar-refractivity contribution in [2.75, 3.05) is 19.6 Å². The molecule has 0 unspecified atom stereocenters. The van der Waals surface area contributed by atoms with E-state index >= 15 is 0 Å². The molecule has 0 atom stereocenters. The van der Waals surface area contributed by atoms with Crippen LogP contribution >= 0.6 is 0 Å². The fourth-order valence-electron chi connectivity index (χ4n) is 1.82. The highest BCUT2D eigenvalue weighted by Gasteiger charge is 2.32. The zero-order chi connectivity index (χ0) is 9.90. The number of hydrogen-bond acceptors (Lipinski definition) is 2. The van der Waals surface area contributed by atoms with Crippen molar-refractivity contribution >= 4 is 5.91 Å². The Labute approximate surface area is 80.3 Å². The van der Waals surface area contributed by atoms with Crippen LogP contribution in [0.1, 0.15) is 33.1 Å². The number of amides is 1. The van der Waals surface area contributed by atoms with E-state index in [4.69, 9.17) is 5.73 Å². The van der Waals surface area contributed by atoms with Gasteiger partial charge < -0.3 is 10.6 Å². The van der Waals surface area contributed by atoms with Gasteiger partial charge in [0.1, 0.15) is 0 Å². The third kappa shape index (κ3) is 2.44. The van der Waals surface area contributed by atoms with Gasteiger partial charge in [0, 0.05) is 18.5 Å². The van der Waals surface area contributed by atoms with Gasteiger partial charge in [-0.2, -0.15) is 0 Å². The molecule has 0 bridgehead atoms. The first-order valence-electron chi connectivity index (χ1n) is 5.07. The van der Waals surface area contributed by atoms with E-state index < -0.39 is 0 Å². The van der Waals surface area contributed by atoms with Gasteiger partial charge in [-0.3, -0.25) is 4.79 Å². The summed E-state index contributed by atoms with van der Waals surface area (Å²) in [6.45, 7) is 6.44. The summed E-state index contributed by atoms with van der Waals surface area (Å²) in [7, 11) is 0. The van der Waals surface area contributed by atoms with Crippen molar-refractivity contribution in [3.63, 3.8) is 0 Å². The molecule has 1 aliphatic rings. The molecule has 1 rings (SSSR count). The molecule has 0 radical (unpaired) electrons. The first-order chi connectivity index (χ1) is 6.08. The Morgan fingerprint density at radius 1 is 1.38 bits per heavy atom. The van der Waals surface area contributed by atoms with Gasteiger partial charge in [-0.05, 0) is 25.8 Å². The minimum absolute atomic E-state index is 0.265. The van der Waals surface area contributed by atoms with Crippen LogP contribution in [-0.2, 0) is 4.79 Å². The van der Waals surface area contributed by atoms with Crippen LogP contribution in [0.3, 0.4) is 0 Å². The Bertz CT molecular complexity index is 183. The van der Waals surface area contributed by atoms with E-state index in [2.05, 4.69) is 0 Å². The van der Waals surface area contributed by atoms with Gasteiger partial charge in [-0.15, -0.1) is 0 Å². The molecule has 1 heterocycles. The standard InChI is InChI=1S/C10H20N2O/c1-10(2,5-6-11)9(13)12-7-3-4-8-12/h3-8,11H2,1-2H3. The summed E-state index contributed by atoms with van der Waals surface area (Å²) in [6.07, 6.45) is 3.09. The van der Waals surface area contributed by atoms with E-state index in [1.807, 2.05) is 18.7 Å². The molecule has 0 saturated carbocycles. The summed E-state index contributed by atoms with van der Waals surface area (Å²) >= 11 is 0. The van der Waals surface area contributed by atoms with Gasteiger partial charge >= 0.3 is 0 Å². The van der Waals surface area contributed by atoms with Gasteiger partial charge in [0.2, 0.25) is 5.91 Å². The van der Waals surface area contributed by atoms with E-state index in [0.29, 0.717) is 6.54 Å². The number of nitrogens with zero attached hydrogens (tertiary/aromatic N) is 1. The predicted octanol–water partition coefficient (Wildman–Crippen LogP) is 0.984. The molecule has 0 aromatic carbocycles. The topological polar surface area (TPSA) is 46.3 Å². The third-order valence-corrected chi connectivity index (χ3v) is 2.74. The highest BCUT2D eigenvalue weighted by Crippen LogP contribution is 2.24. The van der Waals surface area contributed by atoms with E-state index in [1.54, 1.807) is 0 Å². The first-order valence-corrected chi connectivity index (χ1v) is 5.07. The van der Waals surface area contributed by atoms with Gasteiger partial charge in [0.15, 0.2) is 0 Å². The van der Waals surface area contributed by atoms with Crippen LogP contribution in [0.25, 0.3) is 0 Å². The lowest BCUT2D eigenvalue weighted by Gasteiger charge is -2.28. The third-order valence-electron chi connectivity index (χ3n) is 2.74. The molecule has 1 saturated heterocycles. The molecule has 1 amide bonds. The quantitative estimate of drug-likeness (QED) is 0.711. The van der Waals surface area contributed by atoms with Gasteiger partial charge in [0.05, 0.1) is 0 Å². The van der Waals surface area contributed by atoms with Crippen molar-refractivity contribution in [1.29, 1.82) is 0 Å². The maximum atomic E-state index is 11.9. The monoisotopic (exact) mass is 184 g/mol. The molecule has 0 aromatic heterocycles. The van der Waals surface area contributed by atoms with Crippen molar-refractivity contribution in [3.8, 4) is 0 Å². The van der Waals surface area contributed by atoms with Crippen molar-refractivity contribution in [2.45, 2.75) is 33.1 Å². The molecule has 3 nitrogen and oxygen atoms in total. The molecule has 0 aliphatic carbocycles. The zero-order valence-electron chi connectivity index (χ0n) is 8.68. The number of rotatable bonds is 3. The largest absolute Gasteiger partial charge is 0.342 e. The molecule has 1 aliphatic heterocycles. The fourth-order valence-corrected chi connectivity index (χ4v) is 1.82. The Morgan fingerprint density at radius 3 is 2.38 bits per heavy atom. The molecule has 2 N–H and O–H groups in total. The van der Waals surface area contributed by atoms with E-state index in [0.717, 1.165) is 32.4 Å². The molecule has 3 heteroatoms. The molecule has 76 valence electrons. The van der Waals surface area contributed by atoms with Crippen LogP contribution in [0.5, 0.6) is 0 Å². The molecular formula is C10H20N2O. The van der Waals surface area contributed by atoms with Crippen molar-refractivity contribution in [1.82, 2.24) is 4.90 Å². The van der Waals surface area contributed by atoms with E-state index in [9.17, 15) is 4.79 Å². The van der Waals surface area contributed by atoms with E-state index in [-0.39, 0.29) is 11.3 Å². The van der Waals surface area contributed by atoms with Crippen LogP contribution in [0.15, 0.2) is 0 Å². The number of hydrogen-bond donors (Lipinski definition) is 1. The lowest BCUT2D eigenvalue weighted by atomic mass is 9.88. The van der Waals surface area contributed by atoms with Gasteiger partial charge in [0.25, 0.3) is 0 Å². The van der Waals surface area contributed by atoms with Crippen LogP contribution in [0.4, 0.5) is 0 Å². The summed E-state index contributed by atoms with van der Waals surface area (Å²) in [5.74, 6) is 0.274. The lowest BCUT2D eigenvalue weighted by molar-refractivity contribution is -0.139. The number of likely N-dealkylation sites (tertiary alicyclic amines) is 1. The number of nitrogens with two attached hydrogens (primary N) is 1. The second kappa shape index (κ2) is 4.09. The summed E-state index contributed by atoms with van der Waals surface area (Å²) in [5, 5.41) is 0. The minimum atomic E-state index is -0.265. The maximum Gasteiger partial charge on any atom is 0.228 e. The Hall–Kier alpha value is -0.570. The fraction of sp³-hybridized carbons (Fsp3) is 0.900. The number of carbonyl (C=O) groups is 1. The van der Waals surface area contributed by atoms with E-state index in [1.165, 1.54) is 0 Å². The average Bonchev–Trinajstić information content (AvgIpc) is 2.54. The molecule has 1 fully saturated rings. The molecule has 13 heavy (non-hydrogen) atoms. The van der Waals surface area contributed by atoms with Crippen LogP contribution in [0.2, 0.25) is 0 Å². The van der Waals surface area contributed by atoms with Crippen LogP contribution < -0.4 is 5.73 Å². The highest BCUT2D eigenvalue weighted by atomic mass is 16.2. The molecular weight excluding hydrogens is 164 g/mol. The first kappa shape index (κ1) is 10.5.